The quantitative estimate of drug-likeness (QED) is 0.459. The first-order valence-electron chi connectivity index (χ1n) is 10.2. The van der Waals surface area contributed by atoms with Crippen LogP contribution in [0.4, 0.5) is 0 Å². The lowest BCUT2D eigenvalue weighted by Gasteiger charge is -2.18. The van der Waals surface area contributed by atoms with Gasteiger partial charge in [0.25, 0.3) is 0 Å². The molecule has 0 unspecified atom stereocenters. The van der Waals surface area contributed by atoms with Gasteiger partial charge in [0.15, 0.2) is 5.78 Å². The number of benzene rings is 1. The van der Waals surface area contributed by atoms with Gasteiger partial charge in [0.05, 0.1) is 11.7 Å². The van der Waals surface area contributed by atoms with Crippen molar-refractivity contribution < 1.29 is 9.59 Å². The van der Waals surface area contributed by atoms with Crippen LogP contribution in [-0.2, 0) is 16.6 Å². The predicted octanol–water partition coefficient (Wildman–Crippen LogP) is 4.34. The highest BCUT2D eigenvalue weighted by Crippen LogP contribution is 2.22. The van der Waals surface area contributed by atoms with Gasteiger partial charge in [0, 0.05) is 37.6 Å². The molecule has 0 aliphatic heterocycles. The summed E-state index contributed by atoms with van der Waals surface area (Å²) in [6.45, 7) is 7.00. The minimum atomic E-state index is -0.0855. The number of hydrogen-bond acceptors (Lipinski definition) is 3. The van der Waals surface area contributed by atoms with Crippen LogP contribution in [0.1, 0.15) is 61.8 Å². The van der Waals surface area contributed by atoms with Crippen molar-refractivity contribution in [2.75, 3.05) is 6.54 Å². The lowest BCUT2D eigenvalue weighted by Crippen LogP contribution is -2.25. The van der Waals surface area contributed by atoms with Crippen LogP contribution < -0.4 is 5.32 Å². The Labute approximate surface area is 172 Å². The van der Waals surface area contributed by atoms with Gasteiger partial charge in [-0.05, 0) is 29.5 Å². The van der Waals surface area contributed by atoms with E-state index >= 15 is 0 Å². The molecule has 29 heavy (non-hydrogen) atoms. The summed E-state index contributed by atoms with van der Waals surface area (Å²) in [5, 5.41) is 2.90. The van der Waals surface area contributed by atoms with Gasteiger partial charge in [-0.2, -0.15) is 0 Å². The summed E-state index contributed by atoms with van der Waals surface area (Å²) in [6.07, 6.45) is 5.89. The fraction of sp³-hybridized carbons (Fsp3) is 0.375. The van der Waals surface area contributed by atoms with Crippen molar-refractivity contribution >= 4 is 17.2 Å². The van der Waals surface area contributed by atoms with Gasteiger partial charge in [-0.3, -0.25) is 9.59 Å². The van der Waals surface area contributed by atoms with E-state index in [1.165, 1.54) is 5.56 Å². The molecule has 1 aromatic carbocycles. The van der Waals surface area contributed by atoms with Crippen LogP contribution in [0.25, 0.3) is 5.52 Å². The zero-order chi connectivity index (χ0) is 20.9. The normalized spacial score (nSPS) is 11.6. The zero-order valence-corrected chi connectivity index (χ0v) is 17.4. The van der Waals surface area contributed by atoms with Gasteiger partial charge in [0.2, 0.25) is 5.91 Å². The van der Waals surface area contributed by atoms with Crippen LogP contribution in [0.2, 0.25) is 0 Å². The predicted molar refractivity (Wildman–Crippen MR) is 115 cm³/mol. The zero-order valence-electron chi connectivity index (χ0n) is 17.4. The number of Topliss-reactive ketones (excluding diaryl/α,β-unsaturated/α-hetero) is 1. The first kappa shape index (κ1) is 20.8. The van der Waals surface area contributed by atoms with Gasteiger partial charge in [0.1, 0.15) is 5.82 Å². The summed E-state index contributed by atoms with van der Waals surface area (Å²) in [7, 11) is 0. The first-order chi connectivity index (χ1) is 13.8. The smallest absolute Gasteiger partial charge is 0.220 e. The Kier molecular flexibility index (Phi) is 6.47. The highest BCUT2D eigenvalue weighted by Gasteiger charge is 2.15. The molecule has 0 aliphatic rings. The van der Waals surface area contributed by atoms with Crippen molar-refractivity contribution in [2.45, 2.75) is 51.9 Å². The number of amides is 1. The number of nitrogens with one attached hydrogen (secondary N) is 1. The second kappa shape index (κ2) is 9.03. The van der Waals surface area contributed by atoms with Gasteiger partial charge >= 0.3 is 0 Å². The molecule has 3 aromatic rings. The number of pyridine rings is 1. The molecule has 2 heterocycles. The number of rotatable bonds is 8. The van der Waals surface area contributed by atoms with E-state index in [0.29, 0.717) is 12.1 Å². The fourth-order valence-electron chi connectivity index (χ4n) is 3.27. The number of imidazole rings is 1. The molecule has 1 amide bonds. The largest absolute Gasteiger partial charge is 0.356 e. The highest BCUT2D eigenvalue weighted by molar-refractivity contribution is 5.98. The Hall–Kier alpha value is -2.95. The Balaban J connectivity index is 1.39. The second-order valence-corrected chi connectivity index (χ2v) is 8.37. The number of aryl methyl sites for hydroxylation is 1. The Morgan fingerprint density at radius 2 is 1.79 bits per heavy atom. The van der Waals surface area contributed by atoms with E-state index in [1.807, 2.05) is 54.9 Å². The first-order valence-corrected chi connectivity index (χ1v) is 10.2. The molecular weight excluding hydrogens is 362 g/mol. The molecule has 3 rings (SSSR count). The summed E-state index contributed by atoms with van der Waals surface area (Å²) in [5.74, 6) is 0.908. The molecule has 152 valence electrons. The number of ketones is 1. The topological polar surface area (TPSA) is 63.5 Å². The van der Waals surface area contributed by atoms with Crippen LogP contribution in [0.15, 0.2) is 54.9 Å². The molecule has 5 heteroatoms. The maximum absolute atomic E-state index is 12.3. The average Bonchev–Trinajstić information content (AvgIpc) is 3.12. The molecule has 1 N–H and O–H groups in total. The van der Waals surface area contributed by atoms with E-state index in [2.05, 4.69) is 35.5 Å². The molecule has 0 bridgehead atoms. The number of carbonyl (C=O) groups is 2. The van der Waals surface area contributed by atoms with Crippen LogP contribution in [0.5, 0.6) is 0 Å². The monoisotopic (exact) mass is 391 g/mol. The lowest BCUT2D eigenvalue weighted by atomic mass is 9.86. The number of hydrogen-bond donors (Lipinski definition) is 1. The maximum atomic E-state index is 12.3. The summed E-state index contributed by atoms with van der Waals surface area (Å²) in [6, 6.07) is 13.7. The SMILES string of the molecule is CC(C)(C)c1ccc(C(=O)CCC(=O)NCCCc2ncc3ccccn23)cc1. The van der Waals surface area contributed by atoms with E-state index in [-0.39, 0.29) is 29.9 Å². The van der Waals surface area contributed by atoms with Crippen LogP contribution in [0, 0.1) is 0 Å². The van der Waals surface area contributed by atoms with E-state index in [1.54, 1.807) is 0 Å². The third-order valence-corrected chi connectivity index (χ3v) is 5.07. The molecule has 0 spiro atoms. The van der Waals surface area contributed by atoms with Crippen molar-refractivity contribution in [3.8, 4) is 0 Å². The summed E-state index contributed by atoms with van der Waals surface area (Å²) in [4.78, 5) is 28.8. The number of nitrogens with zero attached hydrogens (tertiary/aromatic N) is 2. The number of fused-ring (bicyclic) bond motifs is 1. The molecule has 2 aromatic heterocycles. The van der Waals surface area contributed by atoms with Gasteiger partial charge in [-0.25, -0.2) is 4.98 Å². The number of carbonyl (C=O) groups excluding carboxylic acids is 2. The fourth-order valence-corrected chi connectivity index (χ4v) is 3.27. The van der Waals surface area contributed by atoms with E-state index in [0.717, 1.165) is 24.2 Å². The third kappa shape index (κ3) is 5.53. The molecule has 0 fully saturated rings. The van der Waals surface area contributed by atoms with E-state index in [9.17, 15) is 9.59 Å². The van der Waals surface area contributed by atoms with Crippen molar-refractivity contribution in [3.63, 3.8) is 0 Å². The summed E-state index contributed by atoms with van der Waals surface area (Å²) >= 11 is 0. The van der Waals surface area contributed by atoms with E-state index < -0.39 is 0 Å². The summed E-state index contributed by atoms with van der Waals surface area (Å²) in [5.41, 5.74) is 2.99. The number of aromatic nitrogens is 2. The molecule has 0 atom stereocenters. The summed E-state index contributed by atoms with van der Waals surface area (Å²) < 4.78 is 2.06. The molecular formula is C24H29N3O2. The average molecular weight is 392 g/mol. The highest BCUT2D eigenvalue weighted by atomic mass is 16.2. The minimum absolute atomic E-state index is 0.00413. The van der Waals surface area contributed by atoms with Crippen molar-refractivity contribution in [1.29, 1.82) is 0 Å². The Bertz CT molecular complexity index is 981. The molecule has 0 saturated heterocycles. The van der Waals surface area contributed by atoms with Gasteiger partial charge in [-0.1, -0.05) is 51.1 Å². The standard InChI is InChI=1S/C24H29N3O2/c1-24(2,3)19-11-9-18(10-12-19)21(28)13-14-23(29)25-15-6-8-22-26-17-20-7-4-5-16-27(20)22/h4-5,7,9-12,16-17H,6,8,13-15H2,1-3H3,(H,25,29). The van der Waals surface area contributed by atoms with Crippen molar-refractivity contribution in [3.05, 3.63) is 71.8 Å². The minimum Gasteiger partial charge on any atom is -0.356 e. The second-order valence-electron chi connectivity index (χ2n) is 8.37. The van der Waals surface area contributed by atoms with Crippen LogP contribution >= 0.6 is 0 Å². The third-order valence-electron chi connectivity index (χ3n) is 5.07. The Morgan fingerprint density at radius 1 is 1.03 bits per heavy atom. The van der Waals surface area contributed by atoms with Gasteiger partial charge < -0.3 is 9.72 Å². The van der Waals surface area contributed by atoms with E-state index in [4.69, 9.17) is 0 Å². The van der Waals surface area contributed by atoms with Crippen LogP contribution in [0.3, 0.4) is 0 Å². The lowest BCUT2D eigenvalue weighted by molar-refractivity contribution is -0.121. The molecule has 5 nitrogen and oxygen atoms in total. The molecule has 0 radical (unpaired) electrons. The Morgan fingerprint density at radius 3 is 2.52 bits per heavy atom. The molecule has 0 aliphatic carbocycles. The molecule has 0 saturated carbocycles. The van der Waals surface area contributed by atoms with Crippen molar-refractivity contribution in [1.82, 2.24) is 14.7 Å². The maximum Gasteiger partial charge on any atom is 0.220 e. The van der Waals surface area contributed by atoms with Gasteiger partial charge in [-0.15, -0.1) is 0 Å². The van der Waals surface area contributed by atoms with Crippen molar-refractivity contribution in [2.24, 2.45) is 0 Å². The van der Waals surface area contributed by atoms with Crippen LogP contribution in [-0.4, -0.2) is 27.6 Å².